The first-order valence-corrected chi connectivity index (χ1v) is 13.4. The fraction of sp³-hybridized carbons (Fsp3) is 0.154. The van der Waals surface area contributed by atoms with Crippen molar-refractivity contribution in [2.24, 2.45) is 5.10 Å². The summed E-state index contributed by atoms with van der Waals surface area (Å²) in [5, 5.41) is 24.2. The molecule has 0 saturated carbocycles. The molecule has 0 saturated heterocycles. The van der Waals surface area contributed by atoms with E-state index >= 15 is 0 Å². The van der Waals surface area contributed by atoms with Crippen molar-refractivity contribution in [2.75, 3.05) is 12.9 Å². The molecule has 0 aliphatic carbocycles. The number of hydrazone groups is 1. The van der Waals surface area contributed by atoms with Crippen LogP contribution in [0.25, 0.3) is 0 Å². The van der Waals surface area contributed by atoms with E-state index in [0.717, 1.165) is 23.5 Å². The standard InChI is InChI=1S/C26H21Cl2N5O7S/c1-37-22-9-17(20(33(35)36)11-23(22)38-13-16-5-3-2-4-6-16)12-29-30-24(34)15-41-26-32-31-25(40-26)14-39-21-8-7-18(27)10-19(21)28/h2-12H,13-15H2,1H3,(H,30,34)/b29-12-. The Balaban J connectivity index is 1.30. The number of amides is 1. The molecule has 15 heteroatoms. The van der Waals surface area contributed by atoms with Crippen molar-refractivity contribution < 1.29 is 28.3 Å². The number of hydrogen-bond acceptors (Lipinski definition) is 11. The van der Waals surface area contributed by atoms with E-state index in [1.165, 1.54) is 19.2 Å². The van der Waals surface area contributed by atoms with Crippen LogP contribution in [0.1, 0.15) is 17.0 Å². The number of rotatable bonds is 13. The van der Waals surface area contributed by atoms with Crippen LogP contribution in [0.4, 0.5) is 5.69 Å². The number of nitrogens with one attached hydrogen (secondary N) is 1. The summed E-state index contributed by atoms with van der Waals surface area (Å²) in [6.07, 6.45) is 1.15. The first kappa shape index (κ1) is 29.6. The molecule has 0 bridgehead atoms. The third kappa shape index (κ3) is 8.58. The molecule has 0 fully saturated rings. The Hall–Kier alpha value is -4.33. The summed E-state index contributed by atoms with van der Waals surface area (Å²) >= 11 is 12.9. The molecule has 1 amide bonds. The second-order valence-corrected chi connectivity index (χ2v) is 9.77. The highest BCUT2D eigenvalue weighted by Gasteiger charge is 2.19. The number of carbonyl (C=O) groups is 1. The lowest BCUT2D eigenvalue weighted by Gasteiger charge is -2.12. The number of halogens is 2. The van der Waals surface area contributed by atoms with Crippen molar-refractivity contribution in [3.8, 4) is 17.2 Å². The van der Waals surface area contributed by atoms with Crippen LogP contribution in [-0.4, -0.2) is 40.1 Å². The average Bonchev–Trinajstić information content (AvgIpc) is 3.42. The molecule has 0 aliphatic rings. The van der Waals surface area contributed by atoms with E-state index < -0.39 is 10.8 Å². The number of hydrogen-bond donors (Lipinski definition) is 1. The van der Waals surface area contributed by atoms with E-state index in [0.29, 0.717) is 15.8 Å². The third-order valence-electron chi connectivity index (χ3n) is 5.16. The summed E-state index contributed by atoms with van der Waals surface area (Å²) in [4.78, 5) is 23.3. The van der Waals surface area contributed by atoms with Crippen molar-refractivity contribution in [1.29, 1.82) is 0 Å². The van der Waals surface area contributed by atoms with E-state index in [1.807, 2.05) is 30.3 Å². The van der Waals surface area contributed by atoms with Gasteiger partial charge in [0.2, 0.25) is 0 Å². The molecular formula is C26H21Cl2N5O7S. The minimum Gasteiger partial charge on any atom is -0.493 e. The lowest BCUT2D eigenvalue weighted by atomic mass is 10.1. The normalized spacial score (nSPS) is 10.9. The maximum Gasteiger partial charge on any atom is 0.282 e. The molecule has 0 radical (unpaired) electrons. The summed E-state index contributed by atoms with van der Waals surface area (Å²) in [6.45, 7) is 0.157. The van der Waals surface area contributed by atoms with Gasteiger partial charge in [0.05, 0.1) is 40.7 Å². The number of aromatic nitrogens is 2. The van der Waals surface area contributed by atoms with Crippen LogP contribution >= 0.6 is 35.0 Å². The maximum atomic E-state index is 12.2. The predicted molar refractivity (Wildman–Crippen MR) is 152 cm³/mol. The first-order valence-electron chi connectivity index (χ1n) is 11.7. The fourth-order valence-corrected chi connectivity index (χ4v) is 4.29. The summed E-state index contributed by atoms with van der Waals surface area (Å²) in [7, 11) is 1.42. The molecule has 41 heavy (non-hydrogen) atoms. The summed E-state index contributed by atoms with van der Waals surface area (Å²) in [5.41, 5.74) is 3.02. The minimum atomic E-state index is -0.578. The molecule has 4 rings (SSSR count). The molecule has 1 N–H and O–H groups in total. The van der Waals surface area contributed by atoms with Crippen molar-refractivity contribution in [3.63, 3.8) is 0 Å². The Morgan fingerprint density at radius 3 is 2.59 bits per heavy atom. The second kappa shape index (κ2) is 14.3. The fourth-order valence-electron chi connectivity index (χ4n) is 3.25. The van der Waals surface area contributed by atoms with Gasteiger partial charge in [-0.1, -0.05) is 65.3 Å². The molecule has 0 aliphatic heterocycles. The summed E-state index contributed by atoms with van der Waals surface area (Å²) < 4.78 is 22.1. The number of nitrogens with zero attached hydrogens (tertiary/aromatic N) is 4. The Bertz CT molecular complexity index is 1550. The van der Waals surface area contributed by atoms with Gasteiger partial charge in [0.25, 0.3) is 22.7 Å². The van der Waals surface area contributed by atoms with Gasteiger partial charge in [-0.3, -0.25) is 14.9 Å². The summed E-state index contributed by atoms with van der Waals surface area (Å²) in [5.74, 6) is 0.418. The van der Waals surface area contributed by atoms with Gasteiger partial charge in [-0.2, -0.15) is 5.10 Å². The van der Waals surface area contributed by atoms with Gasteiger partial charge in [0, 0.05) is 5.02 Å². The molecule has 212 valence electrons. The zero-order chi connectivity index (χ0) is 29.2. The van der Waals surface area contributed by atoms with Gasteiger partial charge in [0.1, 0.15) is 12.4 Å². The van der Waals surface area contributed by atoms with Crippen LogP contribution < -0.4 is 19.6 Å². The molecule has 1 heterocycles. The third-order valence-corrected chi connectivity index (χ3v) is 6.51. The van der Waals surface area contributed by atoms with Crippen LogP contribution in [0, 0.1) is 10.1 Å². The smallest absolute Gasteiger partial charge is 0.282 e. The molecule has 0 spiro atoms. The Kier molecular flexibility index (Phi) is 10.4. The largest absolute Gasteiger partial charge is 0.493 e. The number of carbonyl (C=O) groups excluding carboxylic acids is 1. The van der Waals surface area contributed by atoms with Crippen molar-refractivity contribution in [1.82, 2.24) is 15.6 Å². The Morgan fingerprint density at radius 2 is 1.85 bits per heavy atom. The molecule has 0 atom stereocenters. The van der Waals surface area contributed by atoms with Gasteiger partial charge in [-0.25, -0.2) is 5.43 Å². The zero-order valence-electron chi connectivity index (χ0n) is 21.3. The monoisotopic (exact) mass is 617 g/mol. The van der Waals surface area contributed by atoms with Gasteiger partial charge in [0.15, 0.2) is 18.1 Å². The van der Waals surface area contributed by atoms with Crippen LogP contribution in [0.2, 0.25) is 10.0 Å². The first-order chi connectivity index (χ1) is 19.8. The number of methoxy groups -OCH3 is 1. The van der Waals surface area contributed by atoms with Gasteiger partial charge in [-0.15, -0.1) is 10.2 Å². The molecule has 0 unspecified atom stereocenters. The average molecular weight is 618 g/mol. The van der Waals surface area contributed by atoms with Crippen molar-refractivity contribution >= 4 is 52.8 Å². The number of thioether (sulfide) groups is 1. The van der Waals surface area contributed by atoms with Gasteiger partial charge in [-0.05, 0) is 29.8 Å². The van der Waals surface area contributed by atoms with E-state index in [-0.39, 0.29) is 52.8 Å². The van der Waals surface area contributed by atoms with Crippen molar-refractivity contribution in [3.05, 3.63) is 97.8 Å². The second-order valence-electron chi connectivity index (χ2n) is 8.00. The van der Waals surface area contributed by atoms with Gasteiger partial charge < -0.3 is 18.6 Å². The molecular weight excluding hydrogens is 597 g/mol. The lowest BCUT2D eigenvalue weighted by molar-refractivity contribution is -0.385. The SMILES string of the molecule is COc1cc(/C=N\NC(=O)CSc2nnc(COc3ccc(Cl)cc3Cl)o2)c([N+](=O)[O-])cc1OCc1ccccc1. The highest BCUT2D eigenvalue weighted by atomic mass is 35.5. The van der Waals surface area contributed by atoms with E-state index in [1.54, 1.807) is 18.2 Å². The number of benzene rings is 3. The van der Waals surface area contributed by atoms with Crippen LogP contribution in [0.5, 0.6) is 17.2 Å². The predicted octanol–water partition coefficient (Wildman–Crippen LogP) is 5.69. The number of ether oxygens (including phenoxy) is 3. The highest BCUT2D eigenvalue weighted by molar-refractivity contribution is 7.99. The van der Waals surface area contributed by atoms with Crippen molar-refractivity contribution in [2.45, 2.75) is 18.4 Å². The zero-order valence-corrected chi connectivity index (χ0v) is 23.6. The quantitative estimate of drug-likeness (QED) is 0.0856. The lowest BCUT2D eigenvalue weighted by Crippen LogP contribution is -2.19. The summed E-state index contributed by atoms with van der Waals surface area (Å²) in [6, 6.07) is 16.8. The van der Waals surface area contributed by atoms with E-state index in [2.05, 4.69) is 20.7 Å². The van der Waals surface area contributed by atoms with Crippen LogP contribution in [0.3, 0.4) is 0 Å². The Labute approximate surface area is 247 Å². The number of nitro groups is 1. The van der Waals surface area contributed by atoms with Crippen LogP contribution in [0.15, 0.2) is 75.4 Å². The van der Waals surface area contributed by atoms with Crippen LogP contribution in [-0.2, 0) is 18.0 Å². The molecule has 3 aromatic carbocycles. The minimum absolute atomic E-state index is 0.0380. The van der Waals surface area contributed by atoms with E-state index in [9.17, 15) is 14.9 Å². The topological polar surface area (TPSA) is 151 Å². The highest BCUT2D eigenvalue weighted by Crippen LogP contribution is 2.34. The molecule has 1 aromatic heterocycles. The Morgan fingerprint density at radius 1 is 1.07 bits per heavy atom. The number of nitro benzene ring substituents is 1. The molecule has 12 nitrogen and oxygen atoms in total. The maximum absolute atomic E-state index is 12.2. The van der Waals surface area contributed by atoms with Gasteiger partial charge >= 0.3 is 0 Å². The molecule has 4 aromatic rings. The van der Waals surface area contributed by atoms with E-state index in [4.69, 9.17) is 41.8 Å².